The van der Waals surface area contributed by atoms with Crippen LogP contribution in [0, 0.1) is 5.92 Å². The van der Waals surface area contributed by atoms with Gasteiger partial charge in [-0.1, -0.05) is 0 Å². The lowest BCUT2D eigenvalue weighted by Crippen LogP contribution is -2.63. The van der Waals surface area contributed by atoms with Gasteiger partial charge in [0.1, 0.15) is 11.3 Å². The maximum absolute atomic E-state index is 12.3. The molecule has 0 spiro atoms. The van der Waals surface area contributed by atoms with Gasteiger partial charge in [-0.25, -0.2) is 0 Å². The van der Waals surface area contributed by atoms with Crippen molar-refractivity contribution in [2.45, 2.75) is 32.3 Å². The summed E-state index contributed by atoms with van der Waals surface area (Å²) in [6.07, 6.45) is 3.97. The van der Waals surface area contributed by atoms with Gasteiger partial charge in [-0.15, -0.1) is 0 Å². The standard InChI is InChI=1S/C16H23N3O2/c1-3-18(4-2)15(20)14-9-13(7-8-17-14)19-10-16(21,11-19)12-5-6-12/h7-9,12,21H,3-6,10-11H2,1-2H3. The van der Waals surface area contributed by atoms with E-state index in [0.29, 0.717) is 37.8 Å². The molecule has 0 radical (unpaired) electrons. The fraction of sp³-hybridized carbons (Fsp3) is 0.625. The Hall–Kier alpha value is -1.62. The number of rotatable bonds is 5. The van der Waals surface area contributed by atoms with Crippen LogP contribution in [0.4, 0.5) is 5.69 Å². The SMILES string of the molecule is CCN(CC)C(=O)c1cc(N2CC(O)(C3CC3)C2)ccn1. The second-order valence-electron chi connectivity index (χ2n) is 6.11. The number of amides is 1. The van der Waals surface area contributed by atoms with Gasteiger partial charge >= 0.3 is 0 Å². The summed E-state index contributed by atoms with van der Waals surface area (Å²) >= 11 is 0. The number of anilines is 1. The maximum atomic E-state index is 12.3. The highest BCUT2D eigenvalue weighted by molar-refractivity contribution is 5.93. The van der Waals surface area contributed by atoms with Crippen LogP contribution in [0.1, 0.15) is 37.2 Å². The average Bonchev–Trinajstić information content (AvgIpc) is 3.30. The van der Waals surface area contributed by atoms with Gasteiger partial charge in [0.25, 0.3) is 5.91 Å². The zero-order valence-corrected chi connectivity index (χ0v) is 12.7. The van der Waals surface area contributed by atoms with Crippen molar-refractivity contribution in [3.8, 4) is 0 Å². The van der Waals surface area contributed by atoms with Crippen molar-refractivity contribution in [2.75, 3.05) is 31.1 Å². The Morgan fingerprint density at radius 2 is 2.10 bits per heavy atom. The molecular weight excluding hydrogens is 266 g/mol. The van der Waals surface area contributed by atoms with Crippen molar-refractivity contribution < 1.29 is 9.90 Å². The molecule has 1 aliphatic heterocycles. The molecule has 114 valence electrons. The first kappa shape index (κ1) is 14.3. The summed E-state index contributed by atoms with van der Waals surface area (Å²) in [4.78, 5) is 20.4. The van der Waals surface area contributed by atoms with Gasteiger partial charge in [0.2, 0.25) is 0 Å². The molecule has 2 aliphatic rings. The van der Waals surface area contributed by atoms with Crippen LogP contribution in [0.5, 0.6) is 0 Å². The number of carbonyl (C=O) groups is 1. The smallest absolute Gasteiger partial charge is 0.272 e. The predicted molar refractivity (Wildman–Crippen MR) is 81.4 cm³/mol. The molecule has 5 heteroatoms. The molecule has 0 aromatic carbocycles. The van der Waals surface area contributed by atoms with E-state index >= 15 is 0 Å². The Labute approximate surface area is 125 Å². The molecule has 1 amide bonds. The van der Waals surface area contributed by atoms with Crippen LogP contribution in [0.15, 0.2) is 18.3 Å². The van der Waals surface area contributed by atoms with Gasteiger partial charge in [0, 0.05) is 38.1 Å². The molecule has 0 unspecified atom stereocenters. The summed E-state index contributed by atoms with van der Waals surface area (Å²) in [7, 11) is 0. The number of pyridine rings is 1. The van der Waals surface area contributed by atoms with Crippen LogP contribution in [0.3, 0.4) is 0 Å². The van der Waals surface area contributed by atoms with Crippen LogP contribution in [0.25, 0.3) is 0 Å². The van der Waals surface area contributed by atoms with E-state index in [1.54, 1.807) is 11.1 Å². The Morgan fingerprint density at radius 1 is 1.43 bits per heavy atom. The third-order valence-electron chi connectivity index (χ3n) is 4.65. The van der Waals surface area contributed by atoms with Crippen LogP contribution in [0.2, 0.25) is 0 Å². The largest absolute Gasteiger partial charge is 0.386 e. The average molecular weight is 289 g/mol. The minimum absolute atomic E-state index is 0.0279. The molecular formula is C16H23N3O2. The van der Waals surface area contributed by atoms with Crippen LogP contribution in [-0.4, -0.2) is 52.7 Å². The third kappa shape index (κ3) is 2.62. The van der Waals surface area contributed by atoms with Gasteiger partial charge in [0.15, 0.2) is 0 Å². The number of aromatic nitrogens is 1. The first-order chi connectivity index (χ1) is 10.1. The highest BCUT2D eigenvalue weighted by Crippen LogP contribution is 2.45. The van der Waals surface area contributed by atoms with E-state index in [-0.39, 0.29) is 5.91 Å². The lowest BCUT2D eigenvalue weighted by molar-refractivity contribution is -0.00931. The summed E-state index contributed by atoms with van der Waals surface area (Å²) in [5.74, 6) is 0.451. The molecule has 21 heavy (non-hydrogen) atoms. The zero-order chi connectivity index (χ0) is 15.0. The fourth-order valence-corrected chi connectivity index (χ4v) is 3.08. The van der Waals surface area contributed by atoms with Gasteiger partial charge in [-0.2, -0.15) is 0 Å². The quantitative estimate of drug-likeness (QED) is 0.893. The van der Waals surface area contributed by atoms with Crippen molar-refractivity contribution in [1.82, 2.24) is 9.88 Å². The number of nitrogens with zero attached hydrogens (tertiary/aromatic N) is 3. The zero-order valence-electron chi connectivity index (χ0n) is 12.7. The van der Waals surface area contributed by atoms with Crippen molar-refractivity contribution >= 4 is 11.6 Å². The fourth-order valence-electron chi connectivity index (χ4n) is 3.08. The van der Waals surface area contributed by atoms with E-state index in [9.17, 15) is 9.90 Å². The lowest BCUT2D eigenvalue weighted by atomic mass is 9.88. The number of hydrogen-bond donors (Lipinski definition) is 1. The Bertz CT molecular complexity index is 532. The Kier molecular flexibility index (Phi) is 3.61. The molecule has 1 aromatic rings. The van der Waals surface area contributed by atoms with Crippen molar-refractivity contribution in [1.29, 1.82) is 0 Å². The summed E-state index contributed by atoms with van der Waals surface area (Å²) in [6.45, 7) is 6.65. The number of β-amino-alcohol motifs (C(OH)–C–C–N with tert-alkyl or cyclic N) is 1. The summed E-state index contributed by atoms with van der Waals surface area (Å²) in [5, 5.41) is 10.4. The highest BCUT2D eigenvalue weighted by Gasteiger charge is 2.51. The number of carbonyl (C=O) groups excluding carboxylic acids is 1. The number of hydrogen-bond acceptors (Lipinski definition) is 4. The van der Waals surface area contributed by atoms with Gasteiger partial charge in [0.05, 0.1) is 0 Å². The molecule has 1 N–H and O–H groups in total. The first-order valence-electron chi connectivity index (χ1n) is 7.80. The second kappa shape index (κ2) is 5.30. The normalized spacial score (nSPS) is 20.0. The minimum atomic E-state index is -0.508. The summed E-state index contributed by atoms with van der Waals surface area (Å²) in [5.41, 5.74) is 0.954. The van der Waals surface area contributed by atoms with Crippen LogP contribution >= 0.6 is 0 Å². The van der Waals surface area contributed by atoms with Crippen LogP contribution in [-0.2, 0) is 0 Å². The van der Waals surface area contributed by atoms with E-state index < -0.39 is 5.60 Å². The lowest BCUT2D eigenvalue weighted by Gasteiger charge is -2.48. The summed E-state index contributed by atoms with van der Waals surface area (Å²) < 4.78 is 0. The van der Waals surface area contributed by atoms with Gasteiger partial charge in [-0.05, 0) is 44.7 Å². The maximum Gasteiger partial charge on any atom is 0.272 e. The number of aliphatic hydroxyl groups is 1. The molecule has 3 rings (SSSR count). The molecule has 2 heterocycles. The molecule has 2 fully saturated rings. The van der Waals surface area contributed by atoms with Crippen molar-refractivity contribution in [3.63, 3.8) is 0 Å². The second-order valence-corrected chi connectivity index (χ2v) is 6.11. The monoisotopic (exact) mass is 289 g/mol. The minimum Gasteiger partial charge on any atom is -0.386 e. The molecule has 1 saturated carbocycles. The van der Waals surface area contributed by atoms with E-state index in [4.69, 9.17) is 0 Å². The third-order valence-corrected chi connectivity index (χ3v) is 4.65. The first-order valence-corrected chi connectivity index (χ1v) is 7.80. The van der Waals surface area contributed by atoms with Crippen molar-refractivity contribution in [2.24, 2.45) is 5.92 Å². The molecule has 1 aliphatic carbocycles. The van der Waals surface area contributed by atoms with Crippen LogP contribution < -0.4 is 4.90 Å². The van der Waals surface area contributed by atoms with Gasteiger partial charge < -0.3 is 14.9 Å². The van der Waals surface area contributed by atoms with E-state index in [2.05, 4.69) is 9.88 Å². The topological polar surface area (TPSA) is 56.7 Å². The molecule has 1 aromatic heterocycles. The molecule has 0 atom stereocenters. The van der Waals surface area contributed by atoms with E-state index in [1.165, 1.54) is 0 Å². The predicted octanol–water partition coefficient (Wildman–Crippen LogP) is 1.52. The van der Waals surface area contributed by atoms with E-state index in [1.807, 2.05) is 26.0 Å². The molecule has 5 nitrogen and oxygen atoms in total. The Morgan fingerprint density at radius 3 is 2.67 bits per heavy atom. The summed E-state index contributed by atoms with van der Waals surface area (Å²) in [6, 6.07) is 3.75. The van der Waals surface area contributed by atoms with E-state index in [0.717, 1.165) is 18.5 Å². The molecule has 1 saturated heterocycles. The van der Waals surface area contributed by atoms with Gasteiger partial charge in [-0.3, -0.25) is 9.78 Å². The molecule has 0 bridgehead atoms. The highest BCUT2D eigenvalue weighted by atomic mass is 16.3. The van der Waals surface area contributed by atoms with Crippen molar-refractivity contribution in [3.05, 3.63) is 24.0 Å². The Balaban J connectivity index is 1.71.